The Labute approximate surface area is 88.7 Å². The first-order valence-electron chi connectivity index (χ1n) is 4.16. The number of thiophene rings is 1. The van der Waals surface area contributed by atoms with Gasteiger partial charge in [0.2, 0.25) is 0 Å². The zero-order valence-electron chi connectivity index (χ0n) is 6.92. The van der Waals surface area contributed by atoms with Gasteiger partial charge in [-0.05, 0) is 46.8 Å². The van der Waals surface area contributed by atoms with E-state index in [-0.39, 0.29) is 5.92 Å². The van der Waals surface area contributed by atoms with Gasteiger partial charge in [-0.2, -0.15) is 0 Å². The van der Waals surface area contributed by atoms with E-state index in [2.05, 4.69) is 22.0 Å². The molecule has 2 nitrogen and oxygen atoms in total. The predicted molar refractivity (Wildman–Crippen MR) is 55.2 cm³/mol. The van der Waals surface area contributed by atoms with Gasteiger partial charge in [-0.15, -0.1) is 11.3 Å². The van der Waals surface area contributed by atoms with E-state index in [4.69, 9.17) is 5.11 Å². The average molecular weight is 261 g/mol. The molecule has 1 aliphatic carbocycles. The topological polar surface area (TPSA) is 37.3 Å². The van der Waals surface area contributed by atoms with Gasteiger partial charge in [0, 0.05) is 4.88 Å². The lowest BCUT2D eigenvalue weighted by Gasteiger charge is -2.17. The minimum Gasteiger partial charge on any atom is -0.481 e. The van der Waals surface area contributed by atoms with Crippen molar-refractivity contribution >= 4 is 33.2 Å². The van der Waals surface area contributed by atoms with Gasteiger partial charge in [0.05, 0.1) is 9.70 Å². The van der Waals surface area contributed by atoms with Gasteiger partial charge in [-0.25, -0.2) is 0 Å². The van der Waals surface area contributed by atoms with Crippen LogP contribution in [-0.2, 0) is 17.6 Å². The Balaban J connectivity index is 2.24. The van der Waals surface area contributed by atoms with Gasteiger partial charge in [0.25, 0.3) is 0 Å². The second kappa shape index (κ2) is 3.42. The summed E-state index contributed by atoms with van der Waals surface area (Å²) in [6, 6.07) is 2.05. The SMILES string of the molecule is O=C(O)C1CCc2sc(Br)cc2C1. The molecule has 1 heterocycles. The van der Waals surface area contributed by atoms with E-state index in [0.29, 0.717) is 6.42 Å². The number of aliphatic carboxylic acids is 1. The van der Waals surface area contributed by atoms with Gasteiger partial charge < -0.3 is 5.11 Å². The molecule has 4 heteroatoms. The standard InChI is InChI=1S/C9H9BrO2S/c10-8-4-6-3-5(9(11)12)1-2-7(6)13-8/h4-5H,1-3H2,(H,11,12). The number of aryl methyl sites for hydroxylation is 1. The fourth-order valence-corrected chi connectivity index (χ4v) is 3.49. The summed E-state index contributed by atoms with van der Waals surface area (Å²) in [5, 5.41) is 8.86. The van der Waals surface area contributed by atoms with Gasteiger partial charge in [0.15, 0.2) is 0 Å². The highest BCUT2D eigenvalue weighted by Gasteiger charge is 2.25. The molecule has 1 aliphatic rings. The normalized spacial score (nSPS) is 21.2. The molecule has 1 aromatic rings. The number of carboxylic acids is 1. The monoisotopic (exact) mass is 260 g/mol. The lowest BCUT2D eigenvalue weighted by molar-refractivity contribution is -0.142. The molecule has 0 aliphatic heterocycles. The van der Waals surface area contributed by atoms with Crippen molar-refractivity contribution in [2.75, 3.05) is 0 Å². The molecule has 0 radical (unpaired) electrons. The summed E-state index contributed by atoms with van der Waals surface area (Å²) in [4.78, 5) is 12.1. The molecule has 0 bridgehead atoms. The maximum Gasteiger partial charge on any atom is 0.306 e. The van der Waals surface area contributed by atoms with Crippen molar-refractivity contribution < 1.29 is 9.90 Å². The lowest BCUT2D eigenvalue weighted by Crippen LogP contribution is -2.20. The molecule has 1 atom stereocenters. The predicted octanol–water partition coefficient (Wildman–Crippen LogP) is 2.70. The van der Waals surface area contributed by atoms with Crippen LogP contribution in [0, 0.1) is 5.92 Å². The number of carboxylic acid groups (broad SMARTS) is 1. The molecule has 13 heavy (non-hydrogen) atoms. The Morgan fingerprint density at radius 2 is 2.46 bits per heavy atom. The largest absolute Gasteiger partial charge is 0.481 e. The van der Waals surface area contributed by atoms with Crippen molar-refractivity contribution in [2.45, 2.75) is 19.3 Å². The second-order valence-electron chi connectivity index (χ2n) is 3.28. The van der Waals surface area contributed by atoms with Crippen LogP contribution in [0.4, 0.5) is 0 Å². The van der Waals surface area contributed by atoms with Crippen molar-refractivity contribution in [2.24, 2.45) is 5.92 Å². The van der Waals surface area contributed by atoms with Crippen LogP contribution < -0.4 is 0 Å². The van der Waals surface area contributed by atoms with Gasteiger partial charge in [-0.1, -0.05) is 0 Å². The summed E-state index contributed by atoms with van der Waals surface area (Å²) < 4.78 is 1.11. The van der Waals surface area contributed by atoms with Crippen LogP contribution in [0.3, 0.4) is 0 Å². The molecule has 0 saturated heterocycles. The van der Waals surface area contributed by atoms with E-state index in [1.54, 1.807) is 11.3 Å². The molecule has 0 saturated carbocycles. The van der Waals surface area contributed by atoms with Crippen LogP contribution >= 0.6 is 27.3 Å². The van der Waals surface area contributed by atoms with Crippen molar-refractivity contribution in [3.63, 3.8) is 0 Å². The highest BCUT2D eigenvalue weighted by molar-refractivity contribution is 9.11. The molecule has 1 unspecified atom stereocenters. The maximum atomic E-state index is 10.8. The summed E-state index contributed by atoms with van der Waals surface area (Å²) >= 11 is 5.15. The molecule has 1 N–H and O–H groups in total. The van der Waals surface area contributed by atoms with E-state index in [0.717, 1.165) is 16.6 Å². The van der Waals surface area contributed by atoms with Crippen LogP contribution in [0.25, 0.3) is 0 Å². The van der Waals surface area contributed by atoms with E-state index in [9.17, 15) is 4.79 Å². The van der Waals surface area contributed by atoms with Gasteiger partial charge >= 0.3 is 5.97 Å². The fraction of sp³-hybridized carbons (Fsp3) is 0.444. The molecular weight excluding hydrogens is 252 g/mol. The minimum atomic E-state index is -0.659. The Kier molecular flexibility index (Phi) is 2.43. The Hall–Kier alpha value is -0.350. The van der Waals surface area contributed by atoms with Crippen molar-refractivity contribution in [3.05, 3.63) is 20.3 Å². The number of hydrogen-bond donors (Lipinski definition) is 1. The highest BCUT2D eigenvalue weighted by atomic mass is 79.9. The summed E-state index contributed by atoms with van der Waals surface area (Å²) in [5.74, 6) is -0.832. The molecule has 0 spiro atoms. The van der Waals surface area contributed by atoms with E-state index in [1.807, 2.05) is 0 Å². The molecule has 2 rings (SSSR count). The number of rotatable bonds is 1. The number of halogens is 1. The van der Waals surface area contributed by atoms with Crippen molar-refractivity contribution in [3.8, 4) is 0 Å². The van der Waals surface area contributed by atoms with E-state index >= 15 is 0 Å². The molecule has 0 fully saturated rings. The molecular formula is C9H9BrO2S. The van der Waals surface area contributed by atoms with Crippen LogP contribution in [0.15, 0.2) is 9.85 Å². The summed E-state index contributed by atoms with van der Waals surface area (Å²) in [5.41, 5.74) is 1.22. The third-order valence-corrected chi connectivity index (χ3v) is 4.14. The Morgan fingerprint density at radius 1 is 1.69 bits per heavy atom. The number of fused-ring (bicyclic) bond motifs is 1. The summed E-state index contributed by atoms with van der Waals surface area (Å²) in [7, 11) is 0. The first kappa shape index (κ1) is 9.21. The molecule has 0 aromatic carbocycles. The molecule has 70 valence electrons. The zero-order chi connectivity index (χ0) is 9.42. The van der Waals surface area contributed by atoms with Crippen LogP contribution in [0.5, 0.6) is 0 Å². The Bertz CT molecular complexity index is 345. The molecule has 1 aromatic heterocycles. The second-order valence-corrected chi connectivity index (χ2v) is 5.79. The Morgan fingerprint density at radius 3 is 3.15 bits per heavy atom. The fourth-order valence-electron chi connectivity index (χ4n) is 1.70. The third-order valence-electron chi connectivity index (χ3n) is 2.40. The lowest BCUT2D eigenvalue weighted by atomic mass is 9.89. The van der Waals surface area contributed by atoms with E-state index < -0.39 is 5.97 Å². The number of carbonyl (C=O) groups is 1. The van der Waals surface area contributed by atoms with Crippen LogP contribution in [0.2, 0.25) is 0 Å². The summed E-state index contributed by atoms with van der Waals surface area (Å²) in [6.07, 6.45) is 2.41. The van der Waals surface area contributed by atoms with Crippen LogP contribution in [-0.4, -0.2) is 11.1 Å². The van der Waals surface area contributed by atoms with Gasteiger partial charge in [-0.3, -0.25) is 4.79 Å². The van der Waals surface area contributed by atoms with Crippen molar-refractivity contribution in [1.29, 1.82) is 0 Å². The first-order chi connectivity index (χ1) is 6.16. The summed E-state index contributed by atoms with van der Waals surface area (Å²) in [6.45, 7) is 0. The van der Waals surface area contributed by atoms with E-state index in [1.165, 1.54) is 10.4 Å². The average Bonchev–Trinajstić information content (AvgIpc) is 2.42. The highest BCUT2D eigenvalue weighted by Crippen LogP contribution is 2.34. The van der Waals surface area contributed by atoms with Crippen molar-refractivity contribution in [1.82, 2.24) is 0 Å². The van der Waals surface area contributed by atoms with Crippen LogP contribution in [0.1, 0.15) is 16.9 Å². The first-order valence-corrected chi connectivity index (χ1v) is 5.77. The third kappa shape index (κ3) is 1.79. The number of hydrogen-bond acceptors (Lipinski definition) is 2. The molecule has 0 amide bonds. The van der Waals surface area contributed by atoms with Gasteiger partial charge in [0.1, 0.15) is 0 Å². The quantitative estimate of drug-likeness (QED) is 0.843. The zero-order valence-corrected chi connectivity index (χ0v) is 9.32. The maximum absolute atomic E-state index is 10.8. The minimum absolute atomic E-state index is 0.172. The smallest absolute Gasteiger partial charge is 0.306 e.